The molecule has 7 nitrogen and oxygen atoms in total. The highest BCUT2D eigenvalue weighted by atomic mass is 16.5. The number of para-hydroxylation sites is 2. The number of nitrogens with two attached hydrogens (primary N) is 1. The topological polar surface area (TPSA) is 95.1 Å². The maximum absolute atomic E-state index is 13.5. The molecule has 0 radical (unpaired) electrons. The monoisotopic (exact) mass is 487 g/mol. The first-order valence-corrected chi connectivity index (χ1v) is 13.0. The van der Waals surface area contributed by atoms with E-state index in [1.54, 1.807) is 4.57 Å². The summed E-state index contributed by atoms with van der Waals surface area (Å²) in [4.78, 5) is 23.2. The summed E-state index contributed by atoms with van der Waals surface area (Å²) in [6, 6.07) is 15.4. The van der Waals surface area contributed by atoms with Crippen LogP contribution in [0.3, 0.4) is 0 Å². The van der Waals surface area contributed by atoms with Crippen LogP contribution < -0.4 is 15.8 Å². The zero-order valence-corrected chi connectivity index (χ0v) is 21.8. The zero-order chi connectivity index (χ0) is 25.7. The predicted octanol–water partition coefficient (Wildman–Crippen LogP) is 6.28. The van der Waals surface area contributed by atoms with Crippen LogP contribution in [0.15, 0.2) is 48.5 Å². The molecule has 190 valence electrons. The van der Waals surface area contributed by atoms with Crippen LogP contribution in [-0.4, -0.2) is 33.1 Å². The molecule has 3 N–H and O–H groups in total. The zero-order valence-electron chi connectivity index (χ0n) is 21.8. The third kappa shape index (κ3) is 5.61. The smallest absolute Gasteiger partial charge is 0.257 e. The average molecular weight is 488 g/mol. The van der Waals surface area contributed by atoms with E-state index in [0.717, 1.165) is 54.6 Å². The molecule has 0 saturated carbocycles. The van der Waals surface area contributed by atoms with Crippen LogP contribution >= 0.6 is 0 Å². The number of benzene rings is 2. The molecule has 0 aliphatic rings. The van der Waals surface area contributed by atoms with E-state index < -0.39 is 0 Å². The highest BCUT2D eigenvalue weighted by molar-refractivity contribution is 6.11. The van der Waals surface area contributed by atoms with Gasteiger partial charge in [0.2, 0.25) is 0 Å². The Morgan fingerprint density at radius 3 is 2.50 bits per heavy atom. The summed E-state index contributed by atoms with van der Waals surface area (Å²) in [7, 11) is 0. The van der Waals surface area contributed by atoms with Gasteiger partial charge in [-0.3, -0.25) is 9.36 Å². The van der Waals surface area contributed by atoms with Crippen molar-refractivity contribution in [3.05, 3.63) is 54.1 Å². The molecule has 0 saturated heterocycles. The number of amides is 1. The summed E-state index contributed by atoms with van der Waals surface area (Å²) in [6.45, 7) is 9.24. The Bertz CT molecular complexity index is 1340. The first kappa shape index (κ1) is 25.5. The second-order valence-electron chi connectivity index (χ2n) is 9.88. The Labute approximate surface area is 213 Å². The van der Waals surface area contributed by atoms with Gasteiger partial charge in [-0.05, 0) is 49.9 Å². The van der Waals surface area contributed by atoms with Gasteiger partial charge in [-0.25, -0.2) is 9.97 Å². The number of fused-ring (bicyclic) bond motifs is 2. The van der Waals surface area contributed by atoms with Crippen molar-refractivity contribution in [3.63, 3.8) is 0 Å². The second kappa shape index (κ2) is 11.4. The maximum Gasteiger partial charge on any atom is 0.257 e. The van der Waals surface area contributed by atoms with Crippen LogP contribution in [0.4, 0.5) is 5.82 Å². The number of anilines is 1. The molecule has 2 aromatic heterocycles. The van der Waals surface area contributed by atoms with Crippen molar-refractivity contribution in [1.29, 1.82) is 0 Å². The molecule has 0 spiro atoms. The van der Waals surface area contributed by atoms with Gasteiger partial charge in [0, 0.05) is 12.1 Å². The fourth-order valence-corrected chi connectivity index (χ4v) is 4.39. The molecule has 0 fully saturated rings. The van der Waals surface area contributed by atoms with Crippen LogP contribution in [0.2, 0.25) is 0 Å². The molecule has 1 amide bonds. The van der Waals surface area contributed by atoms with Gasteiger partial charge in [-0.15, -0.1) is 0 Å². The number of ether oxygens (including phenoxy) is 1. The molecular formula is C29H37N5O2. The molecule has 2 heterocycles. The van der Waals surface area contributed by atoms with Gasteiger partial charge in [-0.2, -0.15) is 0 Å². The van der Waals surface area contributed by atoms with Gasteiger partial charge in [-0.1, -0.05) is 58.2 Å². The van der Waals surface area contributed by atoms with Gasteiger partial charge < -0.3 is 15.8 Å². The van der Waals surface area contributed by atoms with Crippen molar-refractivity contribution in [1.82, 2.24) is 19.9 Å². The fourth-order valence-electron chi connectivity index (χ4n) is 4.39. The van der Waals surface area contributed by atoms with Crippen molar-refractivity contribution < 1.29 is 9.53 Å². The molecule has 1 atom stereocenters. The summed E-state index contributed by atoms with van der Waals surface area (Å²) < 4.78 is 7.73. The first-order chi connectivity index (χ1) is 17.4. The molecule has 4 rings (SSSR count). The predicted molar refractivity (Wildman–Crippen MR) is 147 cm³/mol. The third-order valence-electron chi connectivity index (χ3n) is 6.36. The number of hydrogen-bond donors (Lipinski definition) is 2. The van der Waals surface area contributed by atoms with E-state index in [2.05, 4.69) is 26.1 Å². The van der Waals surface area contributed by atoms with Crippen molar-refractivity contribution in [2.45, 2.75) is 65.8 Å². The lowest BCUT2D eigenvalue weighted by atomic mass is 10.0. The number of nitrogens with zero attached hydrogens (tertiary/aromatic N) is 3. The molecule has 7 heteroatoms. The van der Waals surface area contributed by atoms with E-state index in [4.69, 9.17) is 20.4 Å². The molecule has 4 aromatic rings. The standard InChI is InChI=1S/C29H37N5O2/c1-5-6-17-36-22-14-10-13-21(18-22)34-27(30)25(29(35)31-20(4)12-9-11-19(2)3)26-28(34)33-24-16-8-7-15-23(24)32-26/h7-8,10,13-16,18-20H,5-6,9,11-12,17,30H2,1-4H3,(H,31,35)/t20-/m1/s1. The fraction of sp³-hybridized carbons (Fsp3) is 0.414. The maximum atomic E-state index is 13.5. The third-order valence-corrected chi connectivity index (χ3v) is 6.36. The van der Waals surface area contributed by atoms with E-state index in [9.17, 15) is 4.79 Å². The number of rotatable bonds is 11. The van der Waals surface area contributed by atoms with Gasteiger partial charge in [0.25, 0.3) is 5.91 Å². The molecule has 0 unspecified atom stereocenters. The highest BCUT2D eigenvalue weighted by Gasteiger charge is 2.25. The van der Waals surface area contributed by atoms with E-state index in [0.29, 0.717) is 35.1 Å². The highest BCUT2D eigenvalue weighted by Crippen LogP contribution is 2.32. The minimum absolute atomic E-state index is 0.0257. The number of carbonyl (C=O) groups excluding carboxylic acids is 1. The van der Waals surface area contributed by atoms with Crippen LogP contribution in [0.1, 0.15) is 70.2 Å². The van der Waals surface area contributed by atoms with Gasteiger partial charge in [0.05, 0.1) is 23.3 Å². The van der Waals surface area contributed by atoms with Gasteiger partial charge in [0.1, 0.15) is 22.6 Å². The molecular weight excluding hydrogens is 450 g/mol. The van der Waals surface area contributed by atoms with E-state index in [1.165, 1.54) is 0 Å². The van der Waals surface area contributed by atoms with E-state index >= 15 is 0 Å². The summed E-state index contributed by atoms with van der Waals surface area (Å²) in [6.07, 6.45) is 5.15. The minimum Gasteiger partial charge on any atom is -0.494 e. The quantitative estimate of drug-likeness (QED) is 0.243. The largest absolute Gasteiger partial charge is 0.494 e. The molecule has 36 heavy (non-hydrogen) atoms. The number of nitrogen functional groups attached to an aromatic ring is 1. The van der Waals surface area contributed by atoms with Crippen LogP contribution in [0, 0.1) is 5.92 Å². The number of nitrogens with one attached hydrogen (secondary N) is 1. The van der Waals surface area contributed by atoms with Crippen molar-refractivity contribution in [3.8, 4) is 11.4 Å². The summed E-state index contributed by atoms with van der Waals surface area (Å²) in [5.74, 6) is 1.48. The van der Waals surface area contributed by atoms with Crippen LogP contribution in [0.25, 0.3) is 27.9 Å². The Kier molecular flexibility index (Phi) is 8.08. The van der Waals surface area contributed by atoms with Crippen LogP contribution in [-0.2, 0) is 0 Å². The van der Waals surface area contributed by atoms with E-state index in [1.807, 2.05) is 55.5 Å². The second-order valence-corrected chi connectivity index (χ2v) is 9.88. The van der Waals surface area contributed by atoms with Crippen molar-refractivity contribution >= 4 is 33.9 Å². The first-order valence-electron chi connectivity index (χ1n) is 13.0. The van der Waals surface area contributed by atoms with Gasteiger partial charge in [0.15, 0.2) is 5.65 Å². The molecule has 0 aliphatic carbocycles. The number of carbonyl (C=O) groups is 1. The van der Waals surface area contributed by atoms with Crippen molar-refractivity contribution in [2.24, 2.45) is 5.92 Å². The van der Waals surface area contributed by atoms with E-state index in [-0.39, 0.29) is 11.9 Å². The lowest BCUT2D eigenvalue weighted by molar-refractivity contribution is 0.0940. The lowest BCUT2D eigenvalue weighted by Gasteiger charge is -2.15. The Morgan fingerprint density at radius 1 is 1.03 bits per heavy atom. The van der Waals surface area contributed by atoms with Crippen LogP contribution in [0.5, 0.6) is 5.75 Å². The Balaban J connectivity index is 1.76. The average Bonchev–Trinajstić information content (AvgIpc) is 3.13. The molecule has 2 aromatic carbocycles. The summed E-state index contributed by atoms with van der Waals surface area (Å²) in [5.41, 5.74) is 10.3. The number of hydrogen-bond acceptors (Lipinski definition) is 5. The summed E-state index contributed by atoms with van der Waals surface area (Å²) in [5, 5.41) is 3.14. The van der Waals surface area contributed by atoms with Crippen molar-refractivity contribution in [2.75, 3.05) is 12.3 Å². The normalized spacial score (nSPS) is 12.4. The minimum atomic E-state index is -0.228. The van der Waals surface area contributed by atoms with Gasteiger partial charge >= 0.3 is 0 Å². The molecule has 0 bridgehead atoms. The SMILES string of the molecule is CCCCOc1cccc(-n2c(N)c(C(=O)N[C@H](C)CCCC(C)C)c3nc4ccccc4nc32)c1. The molecule has 0 aliphatic heterocycles. The number of aromatic nitrogens is 3. The summed E-state index contributed by atoms with van der Waals surface area (Å²) >= 11 is 0. The number of unbranched alkanes of at least 4 members (excludes halogenated alkanes) is 1. The Morgan fingerprint density at radius 2 is 1.78 bits per heavy atom. The Hall–Kier alpha value is -3.61. The lowest BCUT2D eigenvalue weighted by Crippen LogP contribution is -2.33.